The number of hydrogen-bond donors (Lipinski definition) is 2. The van der Waals surface area contributed by atoms with Gasteiger partial charge in [-0.05, 0) is 24.0 Å². The van der Waals surface area contributed by atoms with Gasteiger partial charge in [-0.3, -0.25) is 0 Å². The van der Waals surface area contributed by atoms with Gasteiger partial charge in [0.05, 0.1) is 26.4 Å². The number of benzene rings is 1. The van der Waals surface area contributed by atoms with Crippen molar-refractivity contribution >= 4 is 29.9 Å². The first-order valence-corrected chi connectivity index (χ1v) is 7.89. The Bertz CT molecular complexity index is 453. The number of guanidine groups is 1. The highest BCUT2D eigenvalue weighted by atomic mass is 127. The number of rotatable bonds is 10. The van der Waals surface area contributed by atoms with E-state index in [1.54, 1.807) is 0 Å². The van der Waals surface area contributed by atoms with E-state index in [1.807, 2.05) is 25.1 Å². The summed E-state index contributed by atoms with van der Waals surface area (Å²) >= 11 is 0. The van der Waals surface area contributed by atoms with Gasteiger partial charge in [-0.15, -0.1) is 24.0 Å². The topological polar surface area (TPSA) is 68.9 Å². The molecule has 132 valence electrons. The molecule has 6 heteroatoms. The van der Waals surface area contributed by atoms with E-state index in [9.17, 15) is 0 Å². The minimum absolute atomic E-state index is 0. The second kappa shape index (κ2) is 13.6. The molecule has 0 spiro atoms. The number of nitrogens with one attached hydrogen (secondary N) is 1. The Morgan fingerprint density at radius 3 is 2.61 bits per heavy atom. The third-order valence-corrected chi connectivity index (χ3v) is 2.96. The molecule has 0 fully saturated rings. The van der Waals surface area contributed by atoms with Crippen LogP contribution in [0.4, 0.5) is 0 Å². The number of hydrogen-bond acceptors (Lipinski definition) is 3. The average Bonchev–Trinajstić information content (AvgIpc) is 2.51. The summed E-state index contributed by atoms with van der Waals surface area (Å²) in [5.74, 6) is 1.04. The maximum atomic E-state index is 5.83. The molecule has 0 atom stereocenters. The van der Waals surface area contributed by atoms with Crippen molar-refractivity contribution in [2.75, 3.05) is 26.4 Å². The summed E-state index contributed by atoms with van der Waals surface area (Å²) in [6, 6.07) is 8.21. The number of ether oxygens (including phenoxy) is 2. The van der Waals surface area contributed by atoms with Crippen LogP contribution in [0.5, 0.6) is 0 Å². The molecular formula is C17H30IN3O2. The van der Waals surface area contributed by atoms with Crippen LogP contribution in [0.3, 0.4) is 0 Å². The quantitative estimate of drug-likeness (QED) is 0.257. The third-order valence-electron chi connectivity index (χ3n) is 2.96. The van der Waals surface area contributed by atoms with E-state index in [1.165, 1.54) is 0 Å². The first kappa shape index (κ1) is 22.1. The Morgan fingerprint density at radius 2 is 1.91 bits per heavy atom. The minimum atomic E-state index is 0. The van der Waals surface area contributed by atoms with Crippen LogP contribution in [-0.4, -0.2) is 32.3 Å². The van der Waals surface area contributed by atoms with Crippen molar-refractivity contribution in [3.8, 4) is 0 Å². The summed E-state index contributed by atoms with van der Waals surface area (Å²) in [6.45, 7) is 10.2. The molecule has 0 saturated heterocycles. The van der Waals surface area contributed by atoms with E-state index in [0.717, 1.165) is 24.3 Å². The molecule has 1 rings (SSSR count). The van der Waals surface area contributed by atoms with Crippen LogP contribution in [0.15, 0.2) is 29.3 Å². The van der Waals surface area contributed by atoms with Crippen LogP contribution in [-0.2, 0) is 22.6 Å². The molecule has 23 heavy (non-hydrogen) atoms. The monoisotopic (exact) mass is 435 g/mol. The number of nitrogens with two attached hydrogens (primary N) is 1. The lowest BCUT2D eigenvalue weighted by molar-refractivity contribution is 0.0453. The van der Waals surface area contributed by atoms with Crippen molar-refractivity contribution in [2.24, 2.45) is 16.6 Å². The van der Waals surface area contributed by atoms with Gasteiger partial charge in [0.1, 0.15) is 0 Å². The van der Waals surface area contributed by atoms with Crippen molar-refractivity contribution in [3.05, 3.63) is 35.4 Å². The Morgan fingerprint density at radius 1 is 1.22 bits per heavy atom. The molecule has 1 aromatic rings. The second-order valence-electron chi connectivity index (χ2n) is 5.55. The molecule has 0 amide bonds. The highest BCUT2D eigenvalue weighted by molar-refractivity contribution is 14.0. The van der Waals surface area contributed by atoms with Crippen LogP contribution in [0.2, 0.25) is 0 Å². The highest BCUT2D eigenvalue weighted by Gasteiger charge is 1.98. The molecule has 0 unspecified atom stereocenters. The van der Waals surface area contributed by atoms with Crippen LogP contribution >= 0.6 is 24.0 Å². The second-order valence-corrected chi connectivity index (χ2v) is 5.55. The van der Waals surface area contributed by atoms with Crippen LogP contribution in [0.1, 0.15) is 31.9 Å². The van der Waals surface area contributed by atoms with Crippen LogP contribution in [0.25, 0.3) is 0 Å². The van der Waals surface area contributed by atoms with Gasteiger partial charge in [0.2, 0.25) is 0 Å². The Kier molecular flexibility index (Phi) is 13.1. The van der Waals surface area contributed by atoms with Crippen molar-refractivity contribution in [2.45, 2.75) is 33.9 Å². The van der Waals surface area contributed by atoms with Crippen LogP contribution < -0.4 is 11.1 Å². The molecule has 0 aliphatic carbocycles. The smallest absolute Gasteiger partial charge is 0.188 e. The Balaban J connectivity index is 0.00000484. The van der Waals surface area contributed by atoms with Gasteiger partial charge in [0, 0.05) is 13.2 Å². The fourth-order valence-corrected chi connectivity index (χ4v) is 1.81. The summed E-state index contributed by atoms with van der Waals surface area (Å²) in [4.78, 5) is 4.35. The maximum Gasteiger partial charge on any atom is 0.188 e. The largest absolute Gasteiger partial charge is 0.379 e. The summed E-state index contributed by atoms with van der Waals surface area (Å²) in [5.41, 5.74) is 8.10. The van der Waals surface area contributed by atoms with Gasteiger partial charge in [0.15, 0.2) is 5.96 Å². The zero-order valence-electron chi connectivity index (χ0n) is 14.4. The lowest BCUT2D eigenvalue weighted by atomic mass is 10.1. The van der Waals surface area contributed by atoms with Crippen molar-refractivity contribution in [1.29, 1.82) is 0 Å². The first-order valence-electron chi connectivity index (χ1n) is 7.89. The van der Waals surface area contributed by atoms with E-state index >= 15 is 0 Å². The molecule has 0 aliphatic heterocycles. The van der Waals surface area contributed by atoms with Crippen LogP contribution in [0, 0.1) is 5.92 Å². The summed E-state index contributed by atoms with van der Waals surface area (Å²) in [7, 11) is 0. The summed E-state index contributed by atoms with van der Waals surface area (Å²) in [5, 5.41) is 3.11. The van der Waals surface area contributed by atoms with Gasteiger partial charge < -0.3 is 20.5 Å². The summed E-state index contributed by atoms with van der Waals surface area (Å²) in [6.07, 6.45) is 0. The van der Waals surface area contributed by atoms with Gasteiger partial charge in [0.25, 0.3) is 0 Å². The van der Waals surface area contributed by atoms with Gasteiger partial charge in [-0.1, -0.05) is 38.1 Å². The van der Waals surface area contributed by atoms with Gasteiger partial charge in [-0.2, -0.15) is 0 Å². The average molecular weight is 435 g/mol. The maximum absolute atomic E-state index is 5.83. The van der Waals surface area contributed by atoms with E-state index < -0.39 is 0 Å². The van der Waals surface area contributed by atoms with E-state index in [4.69, 9.17) is 15.2 Å². The molecule has 0 saturated carbocycles. The number of nitrogens with zero attached hydrogens (tertiary/aromatic N) is 1. The molecular weight excluding hydrogens is 405 g/mol. The lowest BCUT2D eigenvalue weighted by Gasteiger charge is -2.08. The predicted molar refractivity (Wildman–Crippen MR) is 106 cm³/mol. The molecule has 0 radical (unpaired) electrons. The van der Waals surface area contributed by atoms with Crippen molar-refractivity contribution in [3.63, 3.8) is 0 Å². The predicted octanol–water partition coefficient (Wildman–Crippen LogP) is 2.92. The lowest BCUT2D eigenvalue weighted by Crippen LogP contribution is -2.34. The molecule has 1 aromatic carbocycles. The third kappa shape index (κ3) is 11.3. The Hall–Kier alpha value is -0.860. The zero-order valence-corrected chi connectivity index (χ0v) is 16.7. The molecule has 3 N–H and O–H groups in total. The number of aliphatic imine (C=N–C) groups is 1. The molecule has 0 heterocycles. The molecule has 0 bridgehead atoms. The number of halogens is 1. The van der Waals surface area contributed by atoms with Gasteiger partial charge in [-0.25, -0.2) is 4.99 Å². The van der Waals surface area contributed by atoms with E-state index in [2.05, 4.69) is 30.2 Å². The normalized spacial score (nSPS) is 11.4. The molecule has 0 aromatic heterocycles. The van der Waals surface area contributed by atoms with Gasteiger partial charge >= 0.3 is 0 Å². The standard InChI is InChI=1S/C17H29N3O2.HI/c1-4-21-8-9-22-13-16-7-5-6-15(10-16)12-20-17(18)19-11-14(2)3;/h5-7,10,14H,4,8-9,11-13H2,1-3H3,(H3,18,19,20);1H. The summed E-state index contributed by atoms with van der Waals surface area (Å²) < 4.78 is 10.8. The van der Waals surface area contributed by atoms with E-state index in [-0.39, 0.29) is 24.0 Å². The zero-order chi connectivity index (χ0) is 16.2. The minimum Gasteiger partial charge on any atom is -0.379 e. The van der Waals surface area contributed by atoms with E-state index in [0.29, 0.717) is 38.2 Å². The molecule has 0 aliphatic rings. The van der Waals surface area contributed by atoms with Crippen molar-refractivity contribution in [1.82, 2.24) is 5.32 Å². The first-order chi connectivity index (χ1) is 10.6. The fraction of sp³-hybridized carbons (Fsp3) is 0.588. The fourth-order valence-electron chi connectivity index (χ4n) is 1.81. The Labute approximate surface area is 157 Å². The molecule has 5 nitrogen and oxygen atoms in total. The van der Waals surface area contributed by atoms with Crippen molar-refractivity contribution < 1.29 is 9.47 Å². The highest BCUT2D eigenvalue weighted by Crippen LogP contribution is 2.08. The SMILES string of the molecule is CCOCCOCc1cccc(CN=C(N)NCC(C)C)c1.I.